The smallest absolute Gasteiger partial charge is 0.220 e. The third kappa shape index (κ3) is 3.44. The zero-order chi connectivity index (χ0) is 14.5. The second kappa shape index (κ2) is 6.32. The summed E-state index contributed by atoms with van der Waals surface area (Å²) in [6.07, 6.45) is 0.904. The number of amides is 1. The fourth-order valence-corrected chi connectivity index (χ4v) is 2.02. The van der Waals surface area contributed by atoms with Crippen molar-refractivity contribution in [3.05, 3.63) is 52.7 Å². The topological polar surface area (TPSA) is 55.1 Å². The molecule has 0 aliphatic rings. The molecule has 0 unspecified atom stereocenters. The van der Waals surface area contributed by atoms with E-state index in [0.717, 1.165) is 17.0 Å². The molecule has 0 spiro atoms. The summed E-state index contributed by atoms with van der Waals surface area (Å²) < 4.78 is 18.4. The van der Waals surface area contributed by atoms with Gasteiger partial charge in [0.25, 0.3) is 0 Å². The lowest BCUT2D eigenvalue weighted by Crippen LogP contribution is -2.23. The number of rotatable bonds is 5. The number of nitrogens with one attached hydrogen (secondary N) is 1. The van der Waals surface area contributed by atoms with Crippen LogP contribution in [0.25, 0.3) is 0 Å². The van der Waals surface area contributed by atoms with Crippen molar-refractivity contribution in [2.45, 2.75) is 33.2 Å². The molecule has 20 heavy (non-hydrogen) atoms. The summed E-state index contributed by atoms with van der Waals surface area (Å²) in [4.78, 5) is 11.8. The maximum atomic E-state index is 13.4. The Hall–Kier alpha value is -2.17. The maximum Gasteiger partial charge on any atom is 0.220 e. The Morgan fingerprint density at radius 1 is 1.35 bits per heavy atom. The first-order valence-electron chi connectivity index (χ1n) is 6.49. The van der Waals surface area contributed by atoms with Crippen LogP contribution in [0.2, 0.25) is 0 Å². The van der Waals surface area contributed by atoms with Gasteiger partial charge in [-0.3, -0.25) is 4.79 Å². The number of hydrogen-bond acceptors (Lipinski definition) is 3. The van der Waals surface area contributed by atoms with Gasteiger partial charge >= 0.3 is 0 Å². The van der Waals surface area contributed by atoms with Crippen molar-refractivity contribution in [3.63, 3.8) is 0 Å². The van der Waals surface area contributed by atoms with Crippen molar-refractivity contribution in [1.29, 1.82) is 0 Å². The molecule has 0 atom stereocenters. The van der Waals surface area contributed by atoms with Crippen LogP contribution in [0.1, 0.15) is 29.0 Å². The Bertz CT molecular complexity index is 588. The summed E-state index contributed by atoms with van der Waals surface area (Å²) in [6, 6.07) is 6.40. The van der Waals surface area contributed by atoms with Crippen LogP contribution in [0.15, 0.2) is 28.8 Å². The molecule has 1 aromatic carbocycles. The number of carbonyl (C=O) groups excluding carboxylic acids is 1. The predicted octanol–water partition coefficient (Wildman–Crippen LogP) is 2.68. The van der Waals surface area contributed by atoms with Crippen LogP contribution in [0, 0.1) is 19.7 Å². The number of hydrogen-bond donors (Lipinski definition) is 1. The summed E-state index contributed by atoms with van der Waals surface area (Å²) in [7, 11) is 0. The Morgan fingerprint density at radius 3 is 2.75 bits per heavy atom. The molecule has 0 saturated carbocycles. The molecule has 0 bridgehead atoms. The third-order valence-electron chi connectivity index (χ3n) is 3.22. The van der Waals surface area contributed by atoms with Gasteiger partial charge in [-0.15, -0.1) is 0 Å². The van der Waals surface area contributed by atoms with Crippen molar-refractivity contribution in [2.24, 2.45) is 0 Å². The van der Waals surface area contributed by atoms with Crippen molar-refractivity contribution in [3.8, 4) is 0 Å². The average Bonchev–Trinajstić information content (AvgIpc) is 2.75. The first-order chi connectivity index (χ1) is 9.58. The highest BCUT2D eigenvalue weighted by Crippen LogP contribution is 2.14. The second-order valence-corrected chi connectivity index (χ2v) is 4.67. The van der Waals surface area contributed by atoms with Gasteiger partial charge in [0, 0.05) is 24.1 Å². The van der Waals surface area contributed by atoms with Gasteiger partial charge in [-0.25, -0.2) is 4.39 Å². The van der Waals surface area contributed by atoms with E-state index in [1.54, 1.807) is 18.2 Å². The molecule has 0 aliphatic carbocycles. The molecule has 106 valence electrons. The molecule has 1 heterocycles. The Balaban J connectivity index is 1.83. The largest absolute Gasteiger partial charge is 0.361 e. The Kier molecular flexibility index (Phi) is 4.50. The molecule has 5 heteroatoms. The fraction of sp³-hybridized carbons (Fsp3) is 0.333. The van der Waals surface area contributed by atoms with Crippen LogP contribution < -0.4 is 5.32 Å². The molecule has 1 amide bonds. The van der Waals surface area contributed by atoms with Crippen molar-refractivity contribution in [2.75, 3.05) is 0 Å². The van der Waals surface area contributed by atoms with Crippen LogP contribution in [-0.4, -0.2) is 11.1 Å². The lowest BCUT2D eigenvalue weighted by Gasteiger charge is -2.06. The van der Waals surface area contributed by atoms with Gasteiger partial charge in [0.1, 0.15) is 11.6 Å². The summed E-state index contributed by atoms with van der Waals surface area (Å²) in [6.45, 7) is 3.88. The first kappa shape index (κ1) is 14.2. The van der Waals surface area contributed by atoms with Gasteiger partial charge in [0.2, 0.25) is 5.91 Å². The monoisotopic (exact) mass is 276 g/mol. The van der Waals surface area contributed by atoms with Crippen molar-refractivity contribution >= 4 is 5.91 Å². The van der Waals surface area contributed by atoms with E-state index in [1.165, 1.54) is 6.07 Å². The molecule has 0 aliphatic heterocycles. The van der Waals surface area contributed by atoms with Gasteiger partial charge in [-0.05, 0) is 26.3 Å². The van der Waals surface area contributed by atoms with Crippen LogP contribution in [0.4, 0.5) is 4.39 Å². The summed E-state index contributed by atoms with van der Waals surface area (Å²) in [5.74, 6) is 0.316. The average molecular weight is 276 g/mol. The summed E-state index contributed by atoms with van der Waals surface area (Å²) in [5.41, 5.74) is 2.26. The lowest BCUT2D eigenvalue weighted by atomic mass is 10.1. The van der Waals surface area contributed by atoms with Gasteiger partial charge in [0.15, 0.2) is 0 Å². The molecule has 1 aromatic heterocycles. The quantitative estimate of drug-likeness (QED) is 0.913. The zero-order valence-corrected chi connectivity index (χ0v) is 11.6. The third-order valence-corrected chi connectivity index (χ3v) is 3.22. The highest BCUT2D eigenvalue weighted by atomic mass is 19.1. The minimum atomic E-state index is -0.307. The first-order valence-corrected chi connectivity index (χ1v) is 6.49. The van der Waals surface area contributed by atoms with E-state index in [-0.39, 0.29) is 18.3 Å². The summed E-state index contributed by atoms with van der Waals surface area (Å²) in [5, 5.41) is 6.55. The molecular formula is C15H17FN2O2. The van der Waals surface area contributed by atoms with E-state index in [9.17, 15) is 9.18 Å². The van der Waals surface area contributed by atoms with Crippen LogP contribution in [-0.2, 0) is 17.8 Å². The van der Waals surface area contributed by atoms with E-state index in [0.29, 0.717) is 18.4 Å². The SMILES string of the molecule is Cc1noc(C)c1CCC(=O)NCc1ccccc1F. The standard InChI is InChI=1S/C15H17FN2O2/c1-10-13(11(2)20-18-10)7-8-15(19)17-9-12-5-3-4-6-14(12)16/h3-6H,7-9H2,1-2H3,(H,17,19). The number of carbonyl (C=O) groups is 1. The van der Waals surface area contributed by atoms with Gasteiger partial charge in [-0.2, -0.15) is 0 Å². The number of benzene rings is 1. The van der Waals surface area contributed by atoms with Gasteiger partial charge in [-0.1, -0.05) is 23.4 Å². The molecule has 0 radical (unpaired) electrons. The van der Waals surface area contributed by atoms with Gasteiger partial charge in [0.05, 0.1) is 5.69 Å². The highest BCUT2D eigenvalue weighted by Gasteiger charge is 2.11. The fourth-order valence-electron chi connectivity index (χ4n) is 2.02. The van der Waals surface area contributed by atoms with E-state index in [1.807, 2.05) is 13.8 Å². The van der Waals surface area contributed by atoms with Gasteiger partial charge < -0.3 is 9.84 Å². The van der Waals surface area contributed by atoms with Crippen LogP contribution in [0.5, 0.6) is 0 Å². The zero-order valence-electron chi connectivity index (χ0n) is 11.6. The minimum Gasteiger partial charge on any atom is -0.361 e. The number of halogens is 1. The number of aromatic nitrogens is 1. The molecule has 0 fully saturated rings. The highest BCUT2D eigenvalue weighted by molar-refractivity contribution is 5.76. The van der Waals surface area contributed by atoms with E-state index >= 15 is 0 Å². The number of nitrogens with zero attached hydrogens (tertiary/aromatic N) is 1. The Labute approximate surface area is 117 Å². The van der Waals surface area contributed by atoms with Crippen molar-refractivity contribution < 1.29 is 13.7 Å². The normalized spacial score (nSPS) is 10.6. The summed E-state index contributed by atoms with van der Waals surface area (Å²) >= 11 is 0. The predicted molar refractivity (Wildman–Crippen MR) is 72.5 cm³/mol. The van der Waals surface area contributed by atoms with Crippen molar-refractivity contribution in [1.82, 2.24) is 10.5 Å². The molecule has 0 saturated heterocycles. The second-order valence-electron chi connectivity index (χ2n) is 4.67. The molecular weight excluding hydrogens is 259 g/mol. The molecule has 4 nitrogen and oxygen atoms in total. The lowest BCUT2D eigenvalue weighted by molar-refractivity contribution is -0.121. The molecule has 2 aromatic rings. The minimum absolute atomic E-state index is 0.117. The maximum absolute atomic E-state index is 13.4. The Morgan fingerprint density at radius 2 is 2.10 bits per heavy atom. The van der Waals surface area contributed by atoms with Crippen LogP contribution >= 0.6 is 0 Å². The van der Waals surface area contributed by atoms with Crippen LogP contribution in [0.3, 0.4) is 0 Å². The van der Waals surface area contributed by atoms with E-state index in [4.69, 9.17) is 4.52 Å². The molecule has 2 rings (SSSR count). The van der Waals surface area contributed by atoms with E-state index < -0.39 is 0 Å². The number of aryl methyl sites for hydroxylation is 2. The molecule has 1 N–H and O–H groups in total. The van der Waals surface area contributed by atoms with E-state index in [2.05, 4.69) is 10.5 Å².